The second kappa shape index (κ2) is 5.94. The molecule has 0 saturated carbocycles. The predicted molar refractivity (Wildman–Crippen MR) is 70.4 cm³/mol. The monoisotopic (exact) mass is 260 g/mol. The van der Waals surface area contributed by atoms with E-state index >= 15 is 0 Å². The molecule has 0 saturated heterocycles. The first kappa shape index (κ1) is 13.0. The molecule has 2 heterocycles. The summed E-state index contributed by atoms with van der Waals surface area (Å²) in [7, 11) is 0. The summed E-state index contributed by atoms with van der Waals surface area (Å²) < 4.78 is 1.88. The van der Waals surface area contributed by atoms with Gasteiger partial charge in [0.2, 0.25) is 0 Å². The summed E-state index contributed by atoms with van der Waals surface area (Å²) in [5, 5.41) is 14.9. The molecule has 2 rings (SSSR count). The normalized spacial score (nSPS) is 12.1. The van der Waals surface area contributed by atoms with Crippen LogP contribution in [0, 0.1) is 5.92 Å². The molecule has 2 aromatic rings. The van der Waals surface area contributed by atoms with Crippen LogP contribution in [0.1, 0.15) is 17.4 Å². The van der Waals surface area contributed by atoms with Crippen LogP contribution < -0.4 is 11.1 Å². The number of hydrogen-bond acceptors (Lipinski definition) is 5. The zero-order valence-corrected chi connectivity index (χ0v) is 10.7. The van der Waals surface area contributed by atoms with E-state index < -0.39 is 5.91 Å². The van der Waals surface area contributed by atoms with Crippen molar-refractivity contribution < 1.29 is 4.79 Å². The molecule has 7 nitrogen and oxygen atoms in total. The van der Waals surface area contributed by atoms with Crippen LogP contribution in [0.2, 0.25) is 0 Å². The van der Waals surface area contributed by atoms with Crippen molar-refractivity contribution in [2.75, 3.05) is 11.9 Å². The van der Waals surface area contributed by atoms with Gasteiger partial charge < -0.3 is 11.1 Å². The van der Waals surface area contributed by atoms with Crippen molar-refractivity contribution in [3.05, 3.63) is 36.3 Å². The van der Waals surface area contributed by atoms with Crippen LogP contribution >= 0.6 is 0 Å². The van der Waals surface area contributed by atoms with Gasteiger partial charge in [-0.1, -0.05) is 6.92 Å². The van der Waals surface area contributed by atoms with E-state index in [0.29, 0.717) is 11.7 Å². The minimum atomic E-state index is -0.578. The fourth-order valence-corrected chi connectivity index (χ4v) is 1.63. The smallest absolute Gasteiger partial charge is 0.269 e. The van der Waals surface area contributed by atoms with Crippen LogP contribution in [-0.4, -0.2) is 32.4 Å². The first-order chi connectivity index (χ1) is 9.15. The largest absolute Gasteiger partial charge is 0.368 e. The van der Waals surface area contributed by atoms with Gasteiger partial charge in [-0.2, -0.15) is 5.10 Å². The number of anilines is 1. The van der Waals surface area contributed by atoms with Gasteiger partial charge in [-0.05, 0) is 24.1 Å². The molecule has 1 atom stereocenters. The van der Waals surface area contributed by atoms with Crippen molar-refractivity contribution in [3.8, 4) is 0 Å². The Hall–Kier alpha value is -2.44. The molecule has 3 N–H and O–H groups in total. The van der Waals surface area contributed by atoms with Gasteiger partial charge >= 0.3 is 0 Å². The zero-order valence-electron chi connectivity index (χ0n) is 10.7. The standard InChI is InChI=1S/C12H16N6O/c1-9(8-18-6-2-5-15-18)7-14-11-4-3-10(12(13)19)16-17-11/h2-6,9H,7-8H2,1H3,(H2,13,19)(H,14,17)/t9-/m0/s1. The molecular weight excluding hydrogens is 244 g/mol. The van der Waals surface area contributed by atoms with Crippen LogP contribution in [0.3, 0.4) is 0 Å². The van der Waals surface area contributed by atoms with Gasteiger partial charge in [0.15, 0.2) is 5.69 Å². The molecule has 0 unspecified atom stereocenters. The minimum Gasteiger partial charge on any atom is -0.368 e. The van der Waals surface area contributed by atoms with Crippen LogP contribution in [0.4, 0.5) is 5.82 Å². The van der Waals surface area contributed by atoms with Gasteiger partial charge in [0, 0.05) is 25.5 Å². The second-order valence-corrected chi connectivity index (χ2v) is 4.38. The van der Waals surface area contributed by atoms with E-state index in [2.05, 4.69) is 27.5 Å². The van der Waals surface area contributed by atoms with Gasteiger partial charge in [0.25, 0.3) is 5.91 Å². The van der Waals surface area contributed by atoms with Gasteiger partial charge in [-0.15, -0.1) is 10.2 Å². The Bertz CT molecular complexity index is 522. The highest BCUT2D eigenvalue weighted by Gasteiger charge is 2.06. The lowest BCUT2D eigenvalue weighted by atomic mass is 10.2. The van der Waals surface area contributed by atoms with E-state index in [1.807, 2.05) is 16.9 Å². The lowest BCUT2D eigenvalue weighted by Gasteiger charge is -2.12. The Morgan fingerprint density at radius 3 is 2.89 bits per heavy atom. The number of carbonyl (C=O) groups excluding carboxylic acids is 1. The van der Waals surface area contributed by atoms with E-state index in [0.717, 1.165) is 13.1 Å². The molecule has 0 bridgehead atoms. The summed E-state index contributed by atoms with van der Waals surface area (Å²) in [6.45, 7) is 3.68. The average molecular weight is 260 g/mol. The Morgan fingerprint density at radius 2 is 2.32 bits per heavy atom. The second-order valence-electron chi connectivity index (χ2n) is 4.38. The molecule has 0 radical (unpaired) electrons. The number of primary amides is 1. The number of nitrogens with two attached hydrogens (primary N) is 1. The Labute approximate surface area is 110 Å². The molecular formula is C12H16N6O. The molecule has 1 amide bonds. The van der Waals surface area contributed by atoms with Crippen molar-refractivity contribution in [2.24, 2.45) is 11.7 Å². The quantitative estimate of drug-likeness (QED) is 0.789. The molecule has 0 aromatic carbocycles. The number of aromatic nitrogens is 4. The summed E-state index contributed by atoms with van der Waals surface area (Å²) in [6.07, 6.45) is 3.69. The van der Waals surface area contributed by atoms with E-state index in [9.17, 15) is 4.79 Å². The number of hydrogen-bond donors (Lipinski definition) is 2. The molecule has 0 aliphatic carbocycles. The fourth-order valence-electron chi connectivity index (χ4n) is 1.63. The molecule has 7 heteroatoms. The zero-order chi connectivity index (χ0) is 13.7. The maximum absolute atomic E-state index is 10.8. The molecule has 2 aromatic heterocycles. The van der Waals surface area contributed by atoms with Crippen molar-refractivity contribution in [2.45, 2.75) is 13.5 Å². The molecule has 0 fully saturated rings. The SMILES string of the molecule is C[C@@H](CNc1ccc(C(N)=O)nn1)Cn1cccn1. The van der Waals surface area contributed by atoms with Crippen molar-refractivity contribution in [3.63, 3.8) is 0 Å². The maximum atomic E-state index is 10.8. The lowest BCUT2D eigenvalue weighted by Crippen LogP contribution is -2.19. The van der Waals surface area contributed by atoms with Crippen LogP contribution in [0.15, 0.2) is 30.6 Å². The Morgan fingerprint density at radius 1 is 1.47 bits per heavy atom. The molecule has 19 heavy (non-hydrogen) atoms. The molecule has 0 spiro atoms. The summed E-state index contributed by atoms with van der Waals surface area (Å²) in [5.74, 6) is 0.431. The third-order valence-electron chi connectivity index (χ3n) is 2.61. The highest BCUT2D eigenvalue weighted by molar-refractivity contribution is 5.90. The summed E-state index contributed by atoms with van der Waals surface area (Å²) >= 11 is 0. The molecule has 0 aliphatic heterocycles. The van der Waals surface area contributed by atoms with E-state index in [1.165, 1.54) is 0 Å². The number of nitrogens with one attached hydrogen (secondary N) is 1. The van der Waals surface area contributed by atoms with Gasteiger partial charge in [-0.3, -0.25) is 9.48 Å². The third kappa shape index (κ3) is 3.77. The van der Waals surface area contributed by atoms with Gasteiger partial charge in [0.05, 0.1) is 0 Å². The summed E-state index contributed by atoms with van der Waals surface area (Å²) in [5.41, 5.74) is 5.25. The molecule has 100 valence electrons. The first-order valence-electron chi connectivity index (χ1n) is 6.00. The highest BCUT2D eigenvalue weighted by Crippen LogP contribution is 2.05. The van der Waals surface area contributed by atoms with Crippen molar-refractivity contribution in [1.82, 2.24) is 20.0 Å². The first-order valence-corrected chi connectivity index (χ1v) is 6.00. The van der Waals surface area contributed by atoms with Crippen molar-refractivity contribution >= 4 is 11.7 Å². The van der Waals surface area contributed by atoms with Gasteiger partial charge in [-0.25, -0.2) is 0 Å². The van der Waals surface area contributed by atoms with Gasteiger partial charge in [0.1, 0.15) is 5.82 Å². The van der Waals surface area contributed by atoms with Crippen LogP contribution in [0.5, 0.6) is 0 Å². The molecule has 0 aliphatic rings. The Balaban J connectivity index is 1.83. The van der Waals surface area contributed by atoms with Crippen LogP contribution in [0.25, 0.3) is 0 Å². The maximum Gasteiger partial charge on any atom is 0.269 e. The topological polar surface area (TPSA) is 98.7 Å². The number of rotatable bonds is 6. The highest BCUT2D eigenvalue weighted by atomic mass is 16.1. The average Bonchev–Trinajstić information content (AvgIpc) is 2.89. The third-order valence-corrected chi connectivity index (χ3v) is 2.61. The van der Waals surface area contributed by atoms with E-state index in [-0.39, 0.29) is 5.69 Å². The van der Waals surface area contributed by atoms with Crippen LogP contribution in [-0.2, 0) is 6.54 Å². The Kier molecular flexibility index (Phi) is 4.07. The van der Waals surface area contributed by atoms with E-state index in [4.69, 9.17) is 5.73 Å². The minimum absolute atomic E-state index is 0.162. The number of amides is 1. The predicted octanol–water partition coefficient (Wildman–Crippen LogP) is 0.520. The fraction of sp³-hybridized carbons (Fsp3) is 0.333. The number of carbonyl (C=O) groups is 1. The van der Waals surface area contributed by atoms with Crippen molar-refractivity contribution in [1.29, 1.82) is 0 Å². The summed E-state index contributed by atoms with van der Waals surface area (Å²) in [6, 6.07) is 5.14. The lowest BCUT2D eigenvalue weighted by molar-refractivity contribution is 0.0994. The summed E-state index contributed by atoms with van der Waals surface area (Å²) in [4.78, 5) is 10.8. The number of nitrogens with zero attached hydrogens (tertiary/aromatic N) is 4. The van der Waals surface area contributed by atoms with E-state index in [1.54, 1.807) is 18.3 Å².